The van der Waals surface area contributed by atoms with Gasteiger partial charge in [0.2, 0.25) is 0 Å². The summed E-state index contributed by atoms with van der Waals surface area (Å²) in [7, 11) is 1.65. The third-order valence-electron chi connectivity index (χ3n) is 4.24. The number of benzene rings is 1. The predicted octanol–water partition coefficient (Wildman–Crippen LogP) is 1.61. The Morgan fingerprint density at radius 2 is 2.05 bits per heavy atom. The van der Waals surface area contributed by atoms with Gasteiger partial charge in [-0.3, -0.25) is 9.69 Å². The van der Waals surface area contributed by atoms with E-state index in [2.05, 4.69) is 24.1 Å². The summed E-state index contributed by atoms with van der Waals surface area (Å²) < 4.78 is 0. The molecule has 1 saturated heterocycles. The summed E-state index contributed by atoms with van der Waals surface area (Å²) in [5, 5.41) is 2.63. The maximum absolute atomic E-state index is 11.5. The molecule has 1 aliphatic rings. The molecule has 1 heterocycles. The van der Waals surface area contributed by atoms with E-state index in [0.717, 1.165) is 26.1 Å². The second kappa shape index (κ2) is 5.94. The fourth-order valence-corrected chi connectivity index (χ4v) is 2.78. The number of carbonyl (C=O) groups is 1. The van der Waals surface area contributed by atoms with Crippen molar-refractivity contribution in [2.75, 3.05) is 20.1 Å². The molecule has 0 saturated carbocycles. The number of nitrogens with two attached hydrogens (primary N) is 1. The minimum atomic E-state index is -0.0402. The Hall–Kier alpha value is -1.39. The zero-order chi connectivity index (χ0) is 14.8. The van der Waals surface area contributed by atoms with Gasteiger partial charge in [0.25, 0.3) is 5.91 Å². The zero-order valence-corrected chi connectivity index (χ0v) is 12.6. The molecule has 20 heavy (non-hydrogen) atoms. The number of likely N-dealkylation sites (tertiary alicyclic amines) is 1. The number of amides is 1. The maximum Gasteiger partial charge on any atom is 0.251 e. The predicted molar refractivity (Wildman–Crippen MR) is 81.5 cm³/mol. The van der Waals surface area contributed by atoms with E-state index in [4.69, 9.17) is 5.73 Å². The number of hydrogen-bond donors (Lipinski definition) is 2. The maximum atomic E-state index is 11.5. The molecule has 3 N–H and O–H groups in total. The first kappa shape index (κ1) is 15.0. The highest BCUT2D eigenvalue weighted by molar-refractivity contribution is 5.93. The van der Waals surface area contributed by atoms with Gasteiger partial charge in [-0.05, 0) is 29.5 Å². The van der Waals surface area contributed by atoms with E-state index in [1.54, 1.807) is 7.05 Å². The highest BCUT2D eigenvalue weighted by atomic mass is 16.1. The van der Waals surface area contributed by atoms with Crippen molar-refractivity contribution in [2.24, 2.45) is 11.1 Å². The lowest BCUT2D eigenvalue weighted by Gasteiger charge is -2.42. The summed E-state index contributed by atoms with van der Waals surface area (Å²) in [5.74, 6) is -0.0402. The number of nitrogens with one attached hydrogen (secondary N) is 1. The minimum Gasteiger partial charge on any atom is -0.355 e. The van der Waals surface area contributed by atoms with Crippen molar-refractivity contribution in [2.45, 2.75) is 32.9 Å². The molecule has 1 aliphatic heterocycles. The Bertz CT molecular complexity index is 467. The molecule has 0 bridgehead atoms. The molecule has 2 rings (SSSR count). The standard InChI is InChI=1S/C16H25N3O/c1-16(2)11-19(9-8-14(16)17)10-12-4-6-13(7-5-12)15(20)18-3/h4-7,14H,8-11,17H2,1-3H3,(H,18,20). The lowest BCUT2D eigenvalue weighted by Crippen LogP contribution is -2.52. The molecule has 1 aromatic carbocycles. The first-order valence-electron chi connectivity index (χ1n) is 7.21. The van der Waals surface area contributed by atoms with Crippen molar-refractivity contribution < 1.29 is 4.79 Å². The van der Waals surface area contributed by atoms with Gasteiger partial charge in [0.05, 0.1) is 0 Å². The Morgan fingerprint density at radius 1 is 1.40 bits per heavy atom. The van der Waals surface area contributed by atoms with Crippen LogP contribution < -0.4 is 11.1 Å². The molecule has 4 nitrogen and oxygen atoms in total. The van der Waals surface area contributed by atoms with Gasteiger partial charge in [-0.15, -0.1) is 0 Å². The molecule has 1 fully saturated rings. The molecule has 110 valence electrons. The van der Waals surface area contributed by atoms with Gasteiger partial charge < -0.3 is 11.1 Å². The van der Waals surface area contributed by atoms with Crippen LogP contribution in [0.25, 0.3) is 0 Å². The summed E-state index contributed by atoms with van der Waals surface area (Å²) in [6.45, 7) is 7.45. The Balaban J connectivity index is 1.99. The van der Waals surface area contributed by atoms with Crippen molar-refractivity contribution in [3.05, 3.63) is 35.4 Å². The van der Waals surface area contributed by atoms with Gasteiger partial charge >= 0.3 is 0 Å². The van der Waals surface area contributed by atoms with Gasteiger partial charge in [0, 0.05) is 38.3 Å². The third-order valence-corrected chi connectivity index (χ3v) is 4.24. The summed E-state index contributed by atoms with van der Waals surface area (Å²) >= 11 is 0. The number of hydrogen-bond acceptors (Lipinski definition) is 3. The van der Waals surface area contributed by atoms with E-state index in [1.165, 1.54) is 5.56 Å². The van der Waals surface area contributed by atoms with Crippen LogP contribution in [-0.4, -0.2) is 37.0 Å². The lowest BCUT2D eigenvalue weighted by atomic mass is 9.79. The molecule has 0 radical (unpaired) electrons. The van der Waals surface area contributed by atoms with Crippen molar-refractivity contribution in [3.63, 3.8) is 0 Å². The second-order valence-electron chi connectivity index (χ2n) is 6.37. The highest BCUT2D eigenvalue weighted by Crippen LogP contribution is 2.28. The largest absolute Gasteiger partial charge is 0.355 e. The molecule has 0 aromatic heterocycles. The molecule has 1 atom stereocenters. The van der Waals surface area contributed by atoms with Gasteiger partial charge in [-0.1, -0.05) is 26.0 Å². The van der Waals surface area contributed by atoms with Crippen LogP contribution in [0.15, 0.2) is 24.3 Å². The van der Waals surface area contributed by atoms with Crippen LogP contribution in [0.1, 0.15) is 36.2 Å². The summed E-state index contributed by atoms with van der Waals surface area (Å²) in [4.78, 5) is 13.9. The van der Waals surface area contributed by atoms with Gasteiger partial charge in [0.1, 0.15) is 0 Å². The molecule has 1 aromatic rings. The van der Waals surface area contributed by atoms with Crippen LogP contribution in [-0.2, 0) is 6.54 Å². The van der Waals surface area contributed by atoms with Crippen molar-refractivity contribution in [1.82, 2.24) is 10.2 Å². The van der Waals surface area contributed by atoms with E-state index in [-0.39, 0.29) is 17.4 Å². The summed E-state index contributed by atoms with van der Waals surface area (Å²) in [5.41, 5.74) is 8.28. The summed E-state index contributed by atoms with van der Waals surface area (Å²) in [6, 6.07) is 8.12. The number of piperidine rings is 1. The van der Waals surface area contributed by atoms with Crippen molar-refractivity contribution in [1.29, 1.82) is 0 Å². The van der Waals surface area contributed by atoms with Crippen LogP contribution in [0.5, 0.6) is 0 Å². The number of nitrogens with zero attached hydrogens (tertiary/aromatic N) is 1. The van der Waals surface area contributed by atoms with E-state index in [1.807, 2.05) is 24.3 Å². The van der Waals surface area contributed by atoms with Crippen molar-refractivity contribution >= 4 is 5.91 Å². The number of carbonyl (C=O) groups excluding carboxylic acids is 1. The van der Waals surface area contributed by atoms with Crippen LogP contribution in [0.3, 0.4) is 0 Å². The second-order valence-corrected chi connectivity index (χ2v) is 6.37. The van der Waals surface area contributed by atoms with Crippen molar-refractivity contribution in [3.8, 4) is 0 Å². The summed E-state index contributed by atoms with van der Waals surface area (Å²) in [6.07, 6.45) is 1.04. The van der Waals surface area contributed by atoms with E-state index < -0.39 is 0 Å². The van der Waals surface area contributed by atoms with Gasteiger partial charge in [-0.25, -0.2) is 0 Å². The average Bonchev–Trinajstić information content (AvgIpc) is 2.42. The van der Waals surface area contributed by atoms with Gasteiger partial charge in [-0.2, -0.15) is 0 Å². The first-order chi connectivity index (χ1) is 9.42. The lowest BCUT2D eigenvalue weighted by molar-refractivity contribution is 0.0898. The Labute approximate surface area is 121 Å². The first-order valence-corrected chi connectivity index (χ1v) is 7.21. The molecule has 0 aliphatic carbocycles. The number of rotatable bonds is 3. The molecule has 1 unspecified atom stereocenters. The minimum absolute atomic E-state index is 0.0402. The van der Waals surface area contributed by atoms with E-state index in [0.29, 0.717) is 5.56 Å². The molecule has 0 spiro atoms. The van der Waals surface area contributed by atoms with E-state index >= 15 is 0 Å². The zero-order valence-electron chi connectivity index (χ0n) is 12.6. The topological polar surface area (TPSA) is 58.4 Å². The Morgan fingerprint density at radius 3 is 2.60 bits per heavy atom. The van der Waals surface area contributed by atoms with Crippen LogP contribution >= 0.6 is 0 Å². The third kappa shape index (κ3) is 3.38. The van der Waals surface area contributed by atoms with Crippen LogP contribution in [0.4, 0.5) is 0 Å². The molecular formula is C16H25N3O. The smallest absolute Gasteiger partial charge is 0.251 e. The fourth-order valence-electron chi connectivity index (χ4n) is 2.78. The Kier molecular flexibility index (Phi) is 4.45. The SMILES string of the molecule is CNC(=O)c1ccc(CN2CCC(N)C(C)(C)C2)cc1. The monoisotopic (exact) mass is 275 g/mol. The normalized spacial score (nSPS) is 22.5. The molecule has 1 amide bonds. The van der Waals surface area contributed by atoms with E-state index in [9.17, 15) is 4.79 Å². The molecule has 4 heteroatoms. The van der Waals surface area contributed by atoms with Crippen LogP contribution in [0, 0.1) is 5.41 Å². The molecular weight excluding hydrogens is 250 g/mol. The average molecular weight is 275 g/mol. The highest BCUT2D eigenvalue weighted by Gasteiger charge is 2.33. The fraction of sp³-hybridized carbons (Fsp3) is 0.562. The van der Waals surface area contributed by atoms with Gasteiger partial charge in [0.15, 0.2) is 0 Å². The quantitative estimate of drug-likeness (QED) is 0.881. The van der Waals surface area contributed by atoms with Crippen LogP contribution in [0.2, 0.25) is 0 Å².